The molecule has 2 aromatic rings. The van der Waals surface area contributed by atoms with Crippen LogP contribution >= 0.6 is 0 Å². The number of aryl methyl sites for hydroxylation is 1. The topological polar surface area (TPSA) is 105 Å². The quantitative estimate of drug-likeness (QED) is 0.746. The fraction of sp³-hybridized carbons (Fsp3) is 0.550. The predicted molar refractivity (Wildman–Crippen MR) is 112 cm³/mol. The van der Waals surface area contributed by atoms with Gasteiger partial charge in [0.05, 0.1) is 18.2 Å². The molecule has 0 spiro atoms. The van der Waals surface area contributed by atoms with E-state index < -0.39 is 23.4 Å². The van der Waals surface area contributed by atoms with Crippen LogP contribution in [-0.2, 0) is 11.8 Å². The van der Waals surface area contributed by atoms with Crippen LogP contribution in [0.3, 0.4) is 0 Å². The zero-order valence-corrected chi connectivity index (χ0v) is 17.8. The van der Waals surface area contributed by atoms with Gasteiger partial charge in [-0.15, -0.1) is 4.98 Å². The molecule has 0 aromatic carbocycles. The van der Waals surface area contributed by atoms with Crippen molar-refractivity contribution in [3.05, 3.63) is 34.0 Å². The third-order valence-electron chi connectivity index (χ3n) is 4.99. The zero-order chi connectivity index (χ0) is 22.2. The molecule has 1 saturated heterocycles. The van der Waals surface area contributed by atoms with Crippen molar-refractivity contribution in [3.8, 4) is 0 Å². The summed E-state index contributed by atoms with van der Waals surface area (Å²) in [7, 11) is 1.59. The number of piperazine rings is 1. The fourth-order valence-electron chi connectivity index (χ4n) is 3.49. The summed E-state index contributed by atoms with van der Waals surface area (Å²) >= 11 is 0. The number of carbonyl (C=O) groups excluding carboxylic acids is 1. The van der Waals surface area contributed by atoms with Gasteiger partial charge in [0.25, 0.3) is 5.82 Å². The first-order valence-electron chi connectivity index (χ1n) is 9.68. The van der Waals surface area contributed by atoms with Crippen molar-refractivity contribution in [1.82, 2.24) is 19.4 Å². The number of aliphatic hydroxyl groups is 1. The molecule has 1 aliphatic rings. The molecule has 0 radical (unpaired) electrons. The number of aliphatic hydroxyl groups excluding tert-OH is 1. The van der Waals surface area contributed by atoms with Gasteiger partial charge < -0.3 is 24.5 Å². The molecule has 1 aliphatic heterocycles. The van der Waals surface area contributed by atoms with E-state index in [-0.39, 0.29) is 25.0 Å². The molecule has 0 aliphatic carbocycles. The van der Waals surface area contributed by atoms with E-state index in [9.17, 15) is 14.7 Å². The molecule has 10 nitrogen and oxygen atoms in total. The monoisotopic (exact) mass is 414 g/mol. The number of aromatic nitrogens is 3. The number of pyridine rings is 1. The highest BCUT2D eigenvalue weighted by molar-refractivity contribution is 5.87. The number of carbonyl (C=O) groups is 1. The highest BCUT2D eigenvalue weighted by Gasteiger charge is 2.38. The number of fused-ring (bicyclic) bond motifs is 1. The lowest BCUT2D eigenvalue weighted by Crippen LogP contribution is -2.61. The van der Waals surface area contributed by atoms with Gasteiger partial charge in [-0.1, -0.05) is 6.57 Å². The molecule has 2 aromatic heterocycles. The summed E-state index contributed by atoms with van der Waals surface area (Å²) in [5.41, 5.74) is -0.154. The molecule has 0 saturated carbocycles. The van der Waals surface area contributed by atoms with Crippen LogP contribution in [0.25, 0.3) is 15.9 Å². The van der Waals surface area contributed by atoms with Gasteiger partial charge in [-0.2, -0.15) is 4.98 Å². The Morgan fingerprint density at radius 2 is 2.03 bits per heavy atom. The average molecular weight is 414 g/mol. The molecule has 3 heterocycles. The highest BCUT2D eigenvalue weighted by Crippen LogP contribution is 2.29. The number of rotatable bonds is 2. The summed E-state index contributed by atoms with van der Waals surface area (Å²) in [5, 5.41) is 10.0. The van der Waals surface area contributed by atoms with Gasteiger partial charge in [-0.05, 0) is 39.8 Å². The Balaban J connectivity index is 2.03. The van der Waals surface area contributed by atoms with Crippen molar-refractivity contribution in [2.45, 2.75) is 45.4 Å². The standard InChI is InChI=1S/C20H26N6O4/c1-12-9-26(13(11-27)10-25(12)19(29)30-20(2,3)4)17-16-14(24(6)18(28)23-17)7-8-15(21-5)22-16/h7-8,12-13,27H,9-11H2,1-4,6H3/t12-,13-/m1/s1. The van der Waals surface area contributed by atoms with E-state index in [4.69, 9.17) is 11.3 Å². The van der Waals surface area contributed by atoms with Gasteiger partial charge >= 0.3 is 11.8 Å². The third-order valence-corrected chi connectivity index (χ3v) is 4.99. The minimum atomic E-state index is -0.633. The molecular weight excluding hydrogens is 388 g/mol. The largest absolute Gasteiger partial charge is 0.444 e. The fourth-order valence-corrected chi connectivity index (χ4v) is 3.49. The van der Waals surface area contributed by atoms with E-state index >= 15 is 0 Å². The van der Waals surface area contributed by atoms with Crippen molar-refractivity contribution >= 4 is 28.8 Å². The Kier molecular flexibility index (Phi) is 5.67. The Labute approximate surface area is 174 Å². The van der Waals surface area contributed by atoms with Crippen LogP contribution in [0.2, 0.25) is 0 Å². The van der Waals surface area contributed by atoms with E-state index in [0.717, 1.165) is 0 Å². The number of nitrogens with zero attached hydrogens (tertiary/aromatic N) is 6. The second-order valence-electron chi connectivity index (χ2n) is 8.40. The number of amides is 1. The minimum absolute atomic E-state index is 0.185. The van der Waals surface area contributed by atoms with Crippen molar-refractivity contribution in [3.63, 3.8) is 0 Å². The summed E-state index contributed by atoms with van der Waals surface area (Å²) in [6, 6.07) is 2.45. The first-order chi connectivity index (χ1) is 14.1. The number of anilines is 1. The first-order valence-corrected chi connectivity index (χ1v) is 9.68. The SMILES string of the molecule is [C-]#[N+]c1ccc2c(n1)c(N1C[C@@H](C)N(C(=O)OC(C)(C)C)C[C@@H]1CO)nc(=O)n2C. The first kappa shape index (κ1) is 21.5. The maximum absolute atomic E-state index is 12.6. The van der Waals surface area contributed by atoms with Crippen molar-refractivity contribution in [2.24, 2.45) is 7.05 Å². The molecule has 1 N–H and O–H groups in total. The smallest absolute Gasteiger partial charge is 0.410 e. The molecule has 2 atom stereocenters. The molecule has 30 heavy (non-hydrogen) atoms. The summed E-state index contributed by atoms with van der Waals surface area (Å²) in [6.45, 7) is 14.8. The molecule has 1 amide bonds. The Bertz CT molecular complexity index is 1070. The summed E-state index contributed by atoms with van der Waals surface area (Å²) in [6.07, 6.45) is -0.455. The Hall–Kier alpha value is -3.19. The maximum Gasteiger partial charge on any atom is 0.410 e. The van der Waals surface area contributed by atoms with Crippen LogP contribution in [0.4, 0.5) is 16.4 Å². The molecule has 10 heteroatoms. The molecule has 0 unspecified atom stereocenters. The lowest BCUT2D eigenvalue weighted by Gasteiger charge is -2.45. The second-order valence-corrected chi connectivity index (χ2v) is 8.40. The minimum Gasteiger partial charge on any atom is -0.444 e. The summed E-state index contributed by atoms with van der Waals surface area (Å²) in [5.74, 6) is 0.485. The van der Waals surface area contributed by atoms with E-state index in [1.807, 2.05) is 6.92 Å². The molecule has 1 fully saturated rings. The molecule has 3 rings (SSSR count). The summed E-state index contributed by atoms with van der Waals surface area (Å²) in [4.78, 5) is 40.3. The number of hydrogen-bond acceptors (Lipinski definition) is 7. The van der Waals surface area contributed by atoms with Crippen molar-refractivity contribution < 1.29 is 14.6 Å². The van der Waals surface area contributed by atoms with E-state index in [0.29, 0.717) is 23.4 Å². The number of ether oxygens (including phenoxy) is 1. The molecular formula is C20H26N6O4. The Morgan fingerprint density at radius 1 is 1.33 bits per heavy atom. The maximum atomic E-state index is 12.6. The van der Waals surface area contributed by atoms with Crippen LogP contribution in [0.15, 0.2) is 16.9 Å². The lowest BCUT2D eigenvalue weighted by molar-refractivity contribution is 0.0103. The van der Waals surface area contributed by atoms with E-state index in [1.165, 1.54) is 4.57 Å². The van der Waals surface area contributed by atoms with Crippen molar-refractivity contribution in [2.75, 3.05) is 24.6 Å². The van der Waals surface area contributed by atoms with Gasteiger partial charge in [0.2, 0.25) is 5.52 Å². The van der Waals surface area contributed by atoms with Gasteiger partial charge in [-0.3, -0.25) is 4.57 Å². The van der Waals surface area contributed by atoms with Crippen LogP contribution in [0.1, 0.15) is 27.7 Å². The predicted octanol–water partition coefficient (Wildman–Crippen LogP) is 1.69. The van der Waals surface area contributed by atoms with Crippen molar-refractivity contribution in [1.29, 1.82) is 0 Å². The average Bonchev–Trinajstić information content (AvgIpc) is 2.68. The van der Waals surface area contributed by atoms with Crippen LogP contribution in [-0.4, -0.2) is 68.0 Å². The van der Waals surface area contributed by atoms with Gasteiger partial charge in [0.15, 0.2) is 5.82 Å². The molecule has 0 bridgehead atoms. The summed E-state index contributed by atoms with van der Waals surface area (Å²) < 4.78 is 6.86. The lowest BCUT2D eigenvalue weighted by atomic mass is 10.1. The molecule has 160 valence electrons. The van der Waals surface area contributed by atoms with Crippen LogP contribution in [0.5, 0.6) is 0 Å². The van der Waals surface area contributed by atoms with E-state index in [1.54, 1.807) is 49.8 Å². The number of hydrogen-bond donors (Lipinski definition) is 1. The third kappa shape index (κ3) is 4.07. The highest BCUT2D eigenvalue weighted by atomic mass is 16.6. The second kappa shape index (κ2) is 7.91. The van der Waals surface area contributed by atoms with Crippen LogP contribution < -0.4 is 10.6 Å². The van der Waals surface area contributed by atoms with E-state index in [2.05, 4.69) is 14.8 Å². The van der Waals surface area contributed by atoms with Gasteiger partial charge in [-0.25, -0.2) is 9.59 Å². The van der Waals surface area contributed by atoms with Gasteiger partial charge in [0, 0.05) is 26.2 Å². The van der Waals surface area contributed by atoms with Gasteiger partial charge in [0.1, 0.15) is 5.60 Å². The van der Waals surface area contributed by atoms with Crippen LogP contribution in [0, 0.1) is 6.57 Å². The normalized spacial score (nSPS) is 19.6. The Morgan fingerprint density at radius 3 is 2.63 bits per heavy atom. The zero-order valence-electron chi connectivity index (χ0n) is 17.8.